The molecule has 0 aliphatic heterocycles. The summed E-state index contributed by atoms with van der Waals surface area (Å²) in [6.45, 7) is 2.09. The molecule has 16 heavy (non-hydrogen) atoms. The highest BCUT2D eigenvalue weighted by atomic mass is 16.3. The molecule has 1 fully saturated rings. The summed E-state index contributed by atoms with van der Waals surface area (Å²) < 4.78 is 0. The Morgan fingerprint density at radius 3 is 3.06 bits per heavy atom. The van der Waals surface area contributed by atoms with Crippen molar-refractivity contribution in [1.82, 2.24) is 4.98 Å². The van der Waals surface area contributed by atoms with Crippen molar-refractivity contribution >= 4 is 11.7 Å². The minimum atomic E-state index is -0.0756. The summed E-state index contributed by atoms with van der Waals surface area (Å²) in [5.74, 6) is 1.31. The number of nitrogens with zero attached hydrogens (tertiary/aromatic N) is 1. The van der Waals surface area contributed by atoms with Gasteiger partial charge in [-0.05, 0) is 36.8 Å². The fraction of sp³-hybridized carbons (Fsp3) is 0.500. The summed E-state index contributed by atoms with van der Waals surface area (Å²) in [7, 11) is 0. The second-order valence-electron chi connectivity index (χ2n) is 4.44. The van der Waals surface area contributed by atoms with Gasteiger partial charge in [-0.2, -0.15) is 0 Å². The Morgan fingerprint density at radius 1 is 1.69 bits per heavy atom. The molecular formula is C12H16N2O2. The van der Waals surface area contributed by atoms with Crippen LogP contribution in [0.2, 0.25) is 0 Å². The number of amides is 1. The van der Waals surface area contributed by atoms with E-state index < -0.39 is 0 Å². The molecule has 0 spiro atoms. The number of carbonyl (C=O) groups is 1. The molecule has 2 rings (SSSR count). The highest BCUT2D eigenvalue weighted by Crippen LogP contribution is 2.38. The van der Waals surface area contributed by atoms with Crippen LogP contribution in [-0.4, -0.2) is 16.0 Å². The smallest absolute Gasteiger partial charge is 0.225 e. The van der Waals surface area contributed by atoms with E-state index in [4.69, 9.17) is 0 Å². The standard InChI is InChI=1S/C12H16N2O2/c1-8(9-4-5-9)7-11(16)14-12-10(15)3-2-6-13-12/h2-3,6,8-9,15H,4-5,7H2,1H3,(H,13,14,16). The van der Waals surface area contributed by atoms with Gasteiger partial charge < -0.3 is 10.4 Å². The number of nitrogens with one attached hydrogen (secondary N) is 1. The molecule has 4 nitrogen and oxygen atoms in total. The summed E-state index contributed by atoms with van der Waals surface area (Å²) in [4.78, 5) is 15.5. The van der Waals surface area contributed by atoms with E-state index in [0.29, 0.717) is 18.3 Å². The predicted molar refractivity (Wildman–Crippen MR) is 61.0 cm³/mol. The Bertz CT molecular complexity index is 388. The molecule has 1 unspecified atom stereocenters. The van der Waals surface area contributed by atoms with E-state index >= 15 is 0 Å². The van der Waals surface area contributed by atoms with Crippen LogP contribution in [0.5, 0.6) is 5.75 Å². The van der Waals surface area contributed by atoms with E-state index in [-0.39, 0.29) is 17.5 Å². The van der Waals surface area contributed by atoms with E-state index in [1.54, 1.807) is 12.3 Å². The third-order valence-electron chi connectivity index (χ3n) is 2.98. The third-order valence-corrected chi connectivity index (χ3v) is 2.98. The Balaban J connectivity index is 1.89. The van der Waals surface area contributed by atoms with Gasteiger partial charge in [0.05, 0.1) is 0 Å². The van der Waals surface area contributed by atoms with Crippen LogP contribution in [0.25, 0.3) is 0 Å². The molecule has 0 aromatic carbocycles. The number of pyridine rings is 1. The topological polar surface area (TPSA) is 62.2 Å². The molecular weight excluding hydrogens is 204 g/mol. The van der Waals surface area contributed by atoms with Crippen molar-refractivity contribution in [2.75, 3.05) is 5.32 Å². The number of carbonyl (C=O) groups excluding carboxylic acids is 1. The zero-order valence-electron chi connectivity index (χ0n) is 9.31. The van der Waals surface area contributed by atoms with Gasteiger partial charge in [-0.25, -0.2) is 4.98 Å². The molecule has 1 heterocycles. The molecule has 0 saturated heterocycles. The van der Waals surface area contributed by atoms with Crippen molar-refractivity contribution in [3.8, 4) is 5.75 Å². The third kappa shape index (κ3) is 2.72. The molecule has 1 aliphatic rings. The van der Waals surface area contributed by atoms with Crippen molar-refractivity contribution in [2.45, 2.75) is 26.2 Å². The number of rotatable bonds is 4. The van der Waals surface area contributed by atoms with E-state index in [1.165, 1.54) is 18.9 Å². The Hall–Kier alpha value is -1.58. The van der Waals surface area contributed by atoms with Gasteiger partial charge in [-0.1, -0.05) is 6.92 Å². The van der Waals surface area contributed by atoms with Gasteiger partial charge in [0.2, 0.25) is 5.91 Å². The lowest BCUT2D eigenvalue weighted by Crippen LogP contribution is -2.16. The second-order valence-corrected chi connectivity index (χ2v) is 4.44. The second kappa shape index (κ2) is 4.51. The van der Waals surface area contributed by atoms with Crippen molar-refractivity contribution in [1.29, 1.82) is 0 Å². The molecule has 1 atom stereocenters. The van der Waals surface area contributed by atoms with Crippen LogP contribution in [0.3, 0.4) is 0 Å². The summed E-state index contributed by atoms with van der Waals surface area (Å²) in [6.07, 6.45) is 4.52. The van der Waals surface area contributed by atoms with Gasteiger partial charge in [-0.3, -0.25) is 4.79 Å². The van der Waals surface area contributed by atoms with Crippen molar-refractivity contribution < 1.29 is 9.90 Å². The summed E-state index contributed by atoms with van der Waals surface area (Å²) in [5, 5.41) is 12.1. The first-order valence-corrected chi connectivity index (χ1v) is 5.60. The van der Waals surface area contributed by atoms with Gasteiger partial charge in [0.25, 0.3) is 0 Å². The average molecular weight is 220 g/mol. The van der Waals surface area contributed by atoms with Crippen molar-refractivity contribution in [2.24, 2.45) is 11.8 Å². The van der Waals surface area contributed by atoms with E-state index in [0.717, 1.165) is 0 Å². The van der Waals surface area contributed by atoms with Gasteiger partial charge in [0.15, 0.2) is 11.6 Å². The van der Waals surface area contributed by atoms with Crippen LogP contribution in [0.4, 0.5) is 5.82 Å². The molecule has 1 amide bonds. The number of anilines is 1. The Morgan fingerprint density at radius 2 is 2.44 bits per heavy atom. The molecule has 4 heteroatoms. The van der Waals surface area contributed by atoms with E-state index in [1.807, 2.05) is 0 Å². The number of hydrogen-bond donors (Lipinski definition) is 2. The van der Waals surface area contributed by atoms with Gasteiger partial charge >= 0.3 is 0 Å². The molecule has 86 valence electrons. The predicted octanol–water partition coefficient (Wildman–Crippen LogP) is 2.16. The minimum absolute atomic E-state index is 0.00919. The van der Waals surface area contributed by atoms with Gasteiger partial charge in [0, 0.05) is 12.6 Å². The molecule has 0 bridgehead atoms. The summed E-state index contributed by atoms with van der Waals surface area (Å²) in [6, 6.07) is 3.13. The monoisotopic (exact) mass is 220 g/mol. The van der Waals surface area contributed by atoms with Crippen molar-refractivity contribution in [3.63, 3.8) is 0 Å². The molecule has 2 N–H and O–H groups in total. The average Bonchev–Trinajstić information content (AvgIpc) is 3.04. The molecule has 0 radical (unpaired) electrons. The van der Waals surface area contributed by atoms with E-state index in [9.17, 15) is 9.90 Å². The fourth-order valence-corrected chi connectivity index (χ4v) is 1.80. The quantitative estimate of drug-likeness (QED) is 0.817. The van der Waals surface area contributed by atoms with Crippen LogP contribution in [-0.2, 0) is 4.79 Å². The lowest BCUT2D eigenvalue weighted by molar-refractivity contribution is -0.117. The molecule has 1 saturated carbocycles. The fourth-order valence-electron chi connectivity index (χ4n) is 1.80. The first-order chi connectivity index (χ1) is 7.66. The number of aromatic hydroxyl groups is 1. The van der Waals surface area contributed by atoms with Gasteiger partial charge in [-0.15, -0.1) is 0 Å². The minimum Gasteiger partial charge on any atom is -0.504 e. The zero-order valence-corrected chi connectivity index (χ0v) is 9.31. The van der Waals surface area contributed by atoms with Crippen LogP contribution < -0.4 is 5.32 Å². The largest absolute Gasteiger partial charge is 0.504 e. The number of hydrogen-bond acceptors (Lipinski definition) is 3. The normalized spacial score (nSPS) is 16.8. The molecule has 1 aromatic heterocycles. The first kappa shape index (κ1) is 10.9. The maximum Gasteiger partial charge on any atom is 0.225 e. The van der Waals surface area contributed by atoms with Gasteiger partial charge in [0.1, 0.15) is 0 Å². The zero-order chi connectivity index (χ0) is 11.5. The Labute approximate surface area is 94.7 Å². The molecule has 1 aromatic rings. The van der Waals surface area contributed by atoms with Crippen LogP contribution in [0, 0.1) is 11.8 Å². The summed E-state index contributed by atoms with van der Waals surface area (Å²) >= 11 is 0. The van der Waals surface area contributed by atoms with Crippen LogP contribution >= 0.6 is 0 Å². The van der Waals surface area contributed by atoms with E-state index in [2.05, 4.69) is 17.2 Å². The maximum atomic E-state index is 11.6. The van der Waals surface area contributed by atoms with Crippen LogP contribution in [0.1, 0.15) is 26.2 Å². The number of aromatic nitrogens is 1. The summed E-state index contributed by atoms with van der Waals surface area (Å²) in [5.41, 5.74) is 0. The van der Waals surface area contributed by atoms with Crippen LogP contribution in [0.15, 0.2) is 18.3 Å². The van der Waals surface area contributed by atoms with Crippen molar-refractivity contribution in [3.05, 3.63) is 18.3 Å². The Kier molecular flexibility index (Phi) is 3.08. The molecule has 1 aliphatic carbocycles. The lowest BCUT2D eigenvalue weighted by Gasteiger charge is -2.10. The highest BCUT2D eigenvalue weighted by molar-refractivity contribution is 5.91. The SMILES string of the molecule is CC(CC(=O)Nc1ncccc1O)C1CC1. The lowest BCUT2D eigenvalue weighted by atomic mass is 10.0. The highest BCUT2D eigenvalue weighted by Gasteiger charge is 2.29. The maximum absolute atomic E-state index is 11.6. The first-order valence-electron chi connectivity index (χ1n) is 5.60.